The smallest absolute Gasteiger partial charge is 0.0238 e. The summed E-state index contributed by atoms with van der Waals surface area (Å²) in [4.78, 5) is 2.35. The van der Waals surface area contributed by atoms with Gasteiger partial charge in [-0.1, -0.05) is 0 Å². The van der Waals surface area contributed by atoms with Crippen LogP contribution >= 0.6 is 0 Å². The third kappa shape index (κ3) is 3.18. The van der Waals surface area contributed by atoms with Gasteiger partial charge in [0.15, 0.2) is 0 Å². The first-order valence-electron chi connectivity index (χ1n) is 4.27. The fourth-order valence-electron chi connectivity index (χ4n) is 1.63. The van der Waals surface area contributed by atoms with Crippen LogP contribution in [-0.4, -0.2) is 48.9 Å². The second kappa shape index (κ2) is 4.04. The first-order chi connectivity index (χ1) is 5.18. The molecule has 3 nitrogen and oxygen atoms in total. The minimum Gasteiger partial charge on any atom is -0.314 e. The molecule has 1 aliphatic rings. The van der Waals surface area contributed by atoms with E-state index in [0.29, 0.717) is 0 Å². The van der Waals surface area contributed by atoms with Crippen molar-refractivity contribution < 1.29 is 5.21 Å². The summed E-state index contributed by atoms with van der Waals surface area (Å²) in [6.45, 7) is 3.23. The van der Waals surface area contributed by atoms with Crippen molar-refractivity contribution in [3.05, 3.63) is 0 Å². The maximum atomic E-state index is 8.90. The molecule has 0 aromatic rings. The van der Waals surface area contributed by atoms with Crippen molar-refractivity contribution in [2.24, 2.45) is 5.92 Å². The standard InChI is InChI=1S/C8H18N2O/c1-9-5-3-8(7-9)4-6-10(2)11/h8,11H,3-7H2,1-2H3. The van der Waals surface area contributed by atoms with Crippen molar-refractivity contribution in [1.29, 1.82) is 0 Å². The molecule has 1 rings (SSSR count). The molecule has 3 heteroatoms. The Kier molecular flexibility index (Phi) is 3.30. The second-order valence-electron chi connectivity index (χ2n) is 3.59. The number of hydroxylamine groups is 2. The highest BCUT2D eigenvalue weighted by Gasteiger charge is 2.18. The van der Waals surface area contributed by atoms with E-state index in [4.69, 9.17) is 5.21 Å². The van der Waals surface area contributed by atoms with E-state index in [-0.39, 0.29) is 0 Å². The lowest BCUT2D eigenvalue weighted by Crippen LogP contribution is -2.19. The normalized spacial score (nSPS) is 26.7. The van der Waals surface area contributed by atoms with E-state index in [1.807, 2.05) is 0 Å². The fourth-order valence-corrected chi connectivity index (χ4v) is 1.63. The van der Waals surface area contributed by atoms with Crippen molar-refractivity contribution >= 4 is 0 Å². The van der Waals surface area contributed by atoms with Crippen LogP contribution in [0.15, 0.2) is 0 Å². The molecular formula is C8H18N2O. The molecule has 0 aromatic carbocycles. The van der Waals surface area contributed by atoms with Gasteiger partial charge in [-0.15, -0.1) is 0 Å². The molecule has 0 aromatic heterocycles. The van der Waals surface area contributed by atoms with Crippen LogP contribution < -0.4 is 0 Å². The number of hydrogen-bond donors (Lipinski definition) is 1. The Balaban J connectivity index is 2.08. The van der Waals surface area contributed by atoms with E-state index in [0.717, 1.165) is 18.9 Å². The molecule has 0 spiro atoms. The van der Waals surface area contributed by atoms with Gasteiger partial charge in [0.25, 0.3) is 0 Å². The summed E-state index contributed by atoms with van der Waals surface area (Å²) >= 11 is 0. The lowest BCUT2D eigenvalue weighted by atomic mass is 10.1. The van der Waals surface area contributed by atoms with Crippen molar-refractivity contribution in [3.8, 4) is 0 Å². The minimum absolute atomic E-state index is 0.801. The Morgan fingerprint density at radius 3 is 2.82 bits per heavy atom. The fraction of sp³-hybridized carbons (Fsp3) is 1.00. The predicted octanol–water partition coefficient (Wildman–Crippen LogP) is 0.649. The third-order valence-corrected chi connectivity index (χ3v) is 2.35. The highest BCUT2D eigenvalue weighted by molar-refractivity contribution is 4.72. The molecule has 1 unspecified atom stereocenters. The zero-order valence-corrected chi connectivity index (χ0v) is 7.45. The van der Waals surface area contributed by atoms with Gasteiger partial charge in [-0.05, 0) is 32.4 Å². The van der Waals surface area contributed by atoms with E-state index >= 15 is 0 Å². The summed E-state index contributed by atoms with van der Waals surface area (Å²) in [6, 6.07) is 0. The first-order valence-corrected chi connectivity index (χ1v) is 4.27. The Morgan fingerprint density at radius 1 is 1.64 bits per heavy atom. The molecule has 1 N–H and O–H groups in total. The Hall–Kier alpha value is -0.120. The van der Waals surface area contributed by atoms with E-state index in [1.165, 1.54) is 24.6 Å². The van der Waals surface area contributed by atoms with Crippen LogP contribution in [0.5, 0.6) is 0 Å². The van der Waals surface area contributed by atoms with Crippen LogP contribution in [0.4, 0.5) is 0 Å². The third-order valence-electron chi connectivity index (χ3n) is 2.35. The molecule has 1 aliphatic heterocycles. The lowest BCUT2D eigenvalue weighted by molar-refractivity contribution is -0.0678. The summed E-state index contributed by atoms with van der Waals surface area (Å²) in [5.41, 5.74) is 0. The van der Waals surface area contributed by atoms with Gasteiger partial charge in [-0.25, -0.2) is 0 Å². The molecule has 1 saturated heterocycles. The molecule has 66 valence electrons. The van der Waals surface area contributed by atoms with Crippen LogP contribution in [0.3, 0.4) is 0 Å². The van der Waals surface area contributed by atoms with E-state index in [2.05, 4.69) is 11.9 Å². The average molecular weight is 158 g/mol. The first kappa shape index (κ1) is 8.97. The van der Waals surface area contributed by atoms with Gasteiger partial charge in [0.1, 0.15) is 0 Å². The Labute approximate surface area is 68.6 Å². The van der Waals surface area contributed by atoms with Crippen LogP contribution in [-0.2, 0) is 0 Å². The minimum atomic E-state index is 0.801. The largest absolute Gasteiger partial charge is 0.314 e. The average Bonchev–Trinajstić information content (AvgIpc) is 2.31. The molecule has 1 fully saturated rings. The van der Waals surface area contributed by atoms with Gasteiger partial charge in [0, 0.05) is 20.1 Å². The van der Waals surface area contributed by atoms with Crippen molar-refractivity contribution in [2.75, 3.05) is 33.7 Å². The quantitative estimate of drug-likeness (QED) is 0.611. The van der Waals surface area contributed by atoms with Gasteiger partial charge in [-0.3, -0.25) is 0 Å². The molecule has 0 radical (unpaired) electrons. The molecule has 0 amide bonds. The highest BCUT2D eigenvalue weighted by Crippen LogP contribution is 2.17. The van der Waals surface area contributed by atoms with Crippen molar-refractivity contribution in [3.63, 3.8) is 0 Å². The van der Waals surface area contributed by atoms with E-state index in [1.54, 1.807) is 7.05 Å². The summed E-state index contributed by atoms with van der Waals surface area (Å²) in [5.74, 6) is 0.801. The van der Waals surface area contributed by atoms with Gasteiger partial charge in [0.05, 0.1) is 0 Å². The van der Waals surface area contributed by atoms with Crippen LogP contribution in [0.1, 0.15) is 12.8 Å². The summed E-state index contributed by atoms with van der Waals surface area (Å²) in [7, 11) is 3.86. The monoisotopic (exact) mass is 158 g/mol. The van der Waals surface area contributed by atoms with E-state index < -0.39 is 0 Å². The highest BCUT2D eigenvalue weighted by atomic mass is 16.5. The van der Waals surface area contributed by atoms with Crippen LogP contribution in [0.25, 0.3) is 0 Å². The van der Waals surface area contributed by atoms with Gasteiger partial charge < -0.3 is 10.1 Å². The zero-order chi connectivity index (χ0) is 8.27. The Bertz CT molecular complexity index is 117. The van der Waals surface area contributed by atoms with Crippen molar-refractivity contribution in [1.82, 2.24) is 9.96 Å². The summed E-state index contributed by atoms with van der Waals surface area (Å²) < 4.78 is 0. The number of rotatable bonds is 3. The number of likely N-dealkylation sites (tertiary alicyclic amines) is 1. The maximum Gasteiger partial charge on any atom is 0.0238 e. The molecular weight excluding hydrogens is 140 g/mol. The maximum absolute atomic E-state index is 8.90. The molecule has 1 atom stereocenters. The van der Waals surface area contributed by atoms with Gasteiger partial charge >= 0.3 is 0 Å². The predicted molar refractivity (Wildman–Crippen MR) is 44.6 cm³/mol. The van der Waals surface area contributed by atoms with Gasteiger partial charge in [-0.2, -0.15) is 5.06 Å². The molecule has 0 saturated carbocycles. The number of hydrogen-bond acceptors (Lipinski definition) is 3. The molecule has 1 heterocycles. The SMILES string of the molecule is CN(O)CCC1CCN(C)C1. The number of nitrogens with zero attached hydrogens (tertiary/aromatic N) is 2. The van der Waals surface area contributed by atoms with Crippen LogP contribution in [0.2, 0.25) is 0 Å². The summed E-state index contributed by atoms with van der Waals surface area (Å²) in [6.07, 6.45) is 2.42. The van der Waals surface area contributed by atoms with Crippen molar-refractivity contribution in [2.45, 2.75) is 12.8 Å². The molecule has 0 bridgehead atoms. The summed E-state index contributed by atoms with van der Waals surface area (Å²) in [5, 5.41) is 10.2. The van der Waals surface area contributed by atoms with Gasteiger partial charge in [0.2, 0.25) is 0 Å². The van der Waals surface area contributed by atoms with Crippen LogP contribution in [0, 0.1) is 5.92 Å². The second-order valence-corrected chi connectivity index (χ2v) is 3.59. The topological polar surface area (TPSA) is 26.7 Å². The Morgan fingerprint density at radius 2 is 2.36 bits per heavy atom. The van der Waals surface area contributed by atoms with E-state index in [9.17, 15) is 0 Å². The molecule has 0 aliphatic carbocycles. The lowest BCUT2D eigenvalue weighted by Gasteiger charge is -2.12. The molecule has 11 heavy (non-hydrogen) atoms. The zero-order valence-electron chi connectivity index (χ0n) is 7.45.